The molecule has 1 heterocycles. The Balaban J connectivity index is 1.96. The third kappa shape index (κ3) is 6.93. The largest absolute Gasteiger partial charge is 0.445 e. The van der Waals surface area contributed by atoms with Gasteiger partial charge in [0, 0.05) is 12.8 Å². The maximum atomic E-state index is 12.4. The summed E-state index contributed by atoms with van der Waals surface area (Å²) in [4.78, 5) is 64.1. The molecule has 1 aliphatic heterocycles. The fourth-order valence-corrected chi connectivity index (χ4v) is 2.28. The lowest BCUT2D eigenvalue weighted by Gasteiger charge is -2.20. The van der Waals surface area contributed by atoms with Gasteiger partial charge in [-0.3, -0.25) is 9.59 Å². The number of alkyl carbamates (subject to hydrolysis) is 2. The summed E-state index contributed by atoms with van der Waals surface area (Å²) in [6.45, 7) is 2.82. The fraction of sp³-hybridized carbons (Fsp3) is 0.316. The van der Waals surface area contributed by atoms with E-state index in [2.05, 4.69) is 17.2 Å². The van der Waals surface area contributed by atoms with Crippen molar-refractivity contribution in [1.29, 1.82) is 0 Å². The van der Waals surface area contributed by atoms with Gasteiger partial charge in [-0.1, -0.05) is 43.0 Å². The first-order valence-corrected chi connectivity index (χ1v) is 8.97. The summed E-state index contributed by atoms with van der Waals surface area (Å²) in [6, 6.07) is 7.35. The van der Waals surface area contributed by atoms with E-state index >= 15 is 0 Å². The predicted octanol–water partition coefficient (Wildman–Crippen LogP) is 0.801. The number of carbonyl (C=O) groups excluding carboxylic acids is 5. The lowest BCUT2D eigenvalue weighted by atomic mass is 10.2. The molecule has 0 aliphatic carbocycles. The van der Waals surface area contributed by atoms with Crippen LogP contribution in [0, 0.1) is 0 Å². The van der Waals surface area contributed by atoms with E-state index in [0.29, 0.717) is 10.6 Å². The molecule has 0 radical (unpaired) electrons. The zero-order valence-corrected chi connectivity index (χ0v) is 16.0. The second kappa shape index (κ2) is 11.2. The van der Waals surface area contributed by atoms with E-state index < -0.39 is 42.6 Å². The Morgan fingerprint density at radius 3 is 2.37 bits per heavy atom. The Morgan fingerprint density at radius 1 is 1.07 bits per heavy atom. The average molecular weight is 419 g/mol. The van der Waals surface area contributed by atoms with Gasteiger partial charge in [-0.25, -0.2) is 14.4 Å². The second-order valence-electron chi connectivity index (χ2n) is 6.02. The van der Waals surface area contributed by atoms with Gasteiger partial charge in [0.2, 0.25) is 0 Å². The number of amides is 4. The van der Waals surface area contributed by atoms with Crippen LogP contribution in [0.25, 0.3) is 0 Å². The van der Waals surface area contributed by atoms with Crippen LogP contribution in [0.5, 0.6) is 0 Å². The summed E-state index contributed by atoms with van der Waals surface area (Å²) >= 11 is 0. The van der Waals surface area contributed by atoms with Gasteiger partial charge in [0.25, 0.3) is 11.8 Å². The predicted molar refractivity (Wildman–Crippen MR) is 100 cm³/mol. The maximum Gasteiger partial charge on any atom is 0.408 e. The van der Waals surface area contributed by atoms with Crippen LogP contribution in [0.15, 0.2) is 43.0 Å². The monoisotopic (exact) mass is 419 g/mol. The molecule has 2 N–H and O–H groups in total. The Kier molecular flexibility index (Phi) is 8.36. The van der Waals surface area contributed by atoms with Gasteiger partial charge in [-0.15, -0.1) is 5.06 Å². The minimum atomic E-state index is -1.45. The van der Waals surface area contributed by atoms with Gasteiger partial charge in [-0.05, 0) is 5.56 Å². The molecule has 160 valence electrons. The van der Waals surface area contributed by atoms with Crippen LogP contribution in [0.1, 0.15) is 18.4 Å². The van der Waals surface area contributed by atoms with Gasteiger partial charge in [0.05, 0.1) is 6.54 Å². The van der Waals surface area contributed by atoms with E-state index in [9.17, 15) is 24.0 Å². The molecule has 0 aromatic heterocycles. The molecule has 1 saturated heterocycles. The molecule has 0 saturated carbocycles. The third-order valence-corrected chi connectivity index (χ3v) is 3.76. The van der Waals surface area contributed by atoms with Crippen LogP contribution in [-0.2, 0) is 35.3 Å². The summed E-state index contributed by atoms with van der Waals surface area (Å²) in [5.74, 6) is -2.51. The highest BCUT2D eigenvalue weighted by atomic mass is 16.7. The van der Waals surface area contributed by atoms with Crippen LogP contribution in [0.4, 0.5) is 9.59 Å². The standard InChI is InChI=1S/C19H21N3O8/c1-2-10-28-18(26)20-11-14(17(25)30-22-15(23)8-9-16(22)24)21-19(27)29-12-13-6-4-3-5-7-13/h2-7,14H,1,8-12H2,(H,20,26)(H,21,27)/t14-/m1/s1. The van der Waals surface area contributed by atoms with Crippen molar-refractivity contribution >= 4 is 30.0 Å². The van der Waals surface area contributed by atoms with Crippen molar-refractivity contribution in [2.75, 3.05) is 13.2 Å². The smallest absolute Gasteiger partial charge is 0.408 e. The number of hydrogen-bond donors (Lipinski definition) is 2. The average Bonchev–Trinajstić information content (AvgIpc) is 3.06. The first kappa shape index (κ1) is 22.4. The molecular formula is C19H21N3O8. The molecule has 0 spiro atoms. The van der Waals surface area contributed by atoms with Crippen molar-refractivity contribution in [3.8, 4) is 0 Å². The first-order valence-electron chi connectivity index (χ1n) is 8.97. The highest BCUT2D eigenvalue weighted by molar-refractivity contribution is 6.01. The first-order chi connectivity index (χ1) is 14.4. The fourth-order valence-electron chi connectivity index (χ4n) is 2.28. The normalized spacial score (nSPS) is 13.9. The summed E-state index contributed by atoms with van der Waals surface area (Å²) in [5, 5.41) is 4.82. The molecule has 1 aromatic rings. The van der Waals surface area contributed by atoms with Gasteiger partial charge in [0.1, 0.15) is 19.3 Å². The molecule has 1 aromatic carbocycles. The SMILES string of the molecule is C=CCOC(=O)NC[C@@H](NC(=O)OCc1ccccc1)C(=O)ON1C(=O)CCC1=O. The molecule has 1 fully saturated rings. The number of nitrogens with zero attached hydrogens (tertiary/aromatic N) is 1. The van der Waals surface area contributed by atoms with E-state index in [4.69, 9.17) is 14.3 Å². The van der Waals surface area contributed by atoms with E-state index in [0.717, 1.165) is 0 Å². The molecule has 2 rings (SSSR count). The highest BCUT2D eigenvalue weighted by Gasteiger charge is 2.35. The Labute approximate surface area is 171 Å². The topological polar surface area (TPSA) is 140 Å². The molecular weight excluding hydrogens is 398 g/mol. The van der Waals surface area contributed by atoms with E-state index in [1.165, 1.54) is 6.08 Å². The quantitative estimate of drug-likeness (QED) is 0.442. The summed E-state index contributed by atoms with van der Waals surface area (Å²) < 4.78 is 9.75. The van der Waals surface area contributed by atoms with E-state index in [-0.39, 0.29) is 26.1 Å². The maximum absolute atomic E-state index is 12.4. The molecule has 11 heteroatoms. The molecule has 0 unspecified atom stereocenters. The summed E-state index contributed by atoms with van der Waals surface area (Å²) in [6.07, 6.45) is -0.679. The van der Waals surface area contributed by atoms with E-state index in [1.54, 1.807) is 30.3 Å². The van der Waals surface area contributed by atoms with Crippen molar-refractivity contribution in [2.45, 2.75) is 25.5 Å². The van der Waals surface area contributed by atoms with Crippen molar-refractivity contribution in [2.24, 2.45) is 0 Å². The lowest BCUT2D eigenvalue weighted by molar-refractivity contribution is -0.198. The van der Waals surface area contributed by atoms with Gasteiger partial charge in [-0.2, -0.15) is 0 Å². The van der Waals surface area contributed by atoms with Gasteiger partial charge < -0.3 is 24.9 Å². The van der Waals surface area contributed by atoms with Gasteiger partial charge in [0.15, 0.2) is 0 Å². The summed E-state index contributed by atoms with van der Waals surface area (Å²) in [5.41, 5.74) is 0.714. The number of imide groups is 1. The zero-order chi connectivity index (χ0) is 21.9. The minimum absolute atomic E-state index is 0.0632. The highest BCUT2D eigenvalue weighted by Crippen LogP contribution is 2.12. The molecule has 11 nitrogen and oxygen atoms in total. The number of ether oxygens (including phenoxy) is 2. The lowest BCUT2D eigenvalue weighted by Crippen LogP contribution is -2.51. The molecule has 30 heavy (non-hydrogen) atoms. The number of carbonyl (C=O) groups is 5. The van der Waals surface area contributed by atoms with Crippen molar-refractivity contribution in [1.82, 2.24) is 15.7 Å². The van der Waals surface area contributed by atoms with E-state index in [1.807, 2.05) is 0 Å². The van der Waals surface area contributed by atoms with Gasteiger partial charge >= 0.3 is 18.2 Å². The van der Waals surface area contributed by atoms with Crippen molar-refractivity contribution in [3.63, 3.8) is 0 Å². The van der Waals surface area contributed by atoms with Crippen molar-refractivity contribution in [3.05, 3.63) is 48.6 Å². The Morgan fingerprint density at radius 2 is 1.73 bits per heavy atom. The number of benzene rings is 1. The van der Waals surface area contributed by atoms with Crippen LogP contribution in [0.2, 0.25) is 0 Å². The van der Waals surface area contributed by atoms with Crippen LogP contribution < -0.4 is 10.6 Å². The van der Waals surface area contributed by atoms with Crippen molar-refractivity contribution < 1.29 is 38.3 Å². The minimum Gasteiger partial charge on any atom is -0.445 e. The molecule has 4 amide bonds. The molecule has 0 bridgehead atoms. The Hall–Kier alpha value is -3.89. The van der Waals surface area contributed by atoms with Crippen LogP contribution >= 0.6 is 0 Å². The number of rotatable bonds is 9. The Bertz CT molecular complexity index is 795. The zero-order valence-electron chi connectivity index (χ0n) is 16.0. The van der Waals surface area contributed by atoms with Crippen LogP contribution in [-0.4, -0.2) is 54.2 Å². The number of hydroxylamine groups is 2. The molecule has 1 aliphatic rings. The second-order valence-corrected chi connectivity index (χ2v) is 6.02. The molecule has 1 atom stereocenters. The number of hydrogen-bond acceptors (Lipinski definition) is 8. The van der Waals surface area contributed by atoms with Crippen LogP contribution in [0.3, 0.4) is 0 Å². The third-order valence-electron chi connectivity index (χ3n) is 3.76. The number of nitrogens with one attached hydrogen (secondary N) is 2. The summed E-state index contributed by atoms with van der Waals surface area (Å²) in [7, 11) is 0.